The van der Waals surface area contributed by atoms with Gasteiger partial charge in [-0.15, -0.1) is 11.3 Å². The van der Waals surface area contributed by atoms with Crippen LogP contribution in [-0.4, -0.2) is 46.5 Å². The van der Waals surface area contributed by atoms with Crippen LogP contribution in [0, 0.1) is 0 Å². The summed E-state index contributed by atoms with van der Waals surface area (Å²) in [5.74, 6) is 0. The molecule has 0 saturated carbocycles. The monoisotopic (exact) mass is 451 g/mol. The lowest BCUT2D eigenvalue weighted by molar-refractivity contribution is 0.0430. The van der Waals surface area contributed by atoms with E-state index < -0.39 is 31.3 Å². The molecule has 9 nitrogen and oxygen atoms in total. The predicted octanol–water partition coefficient (Wildman–Crippen LogP) is 5.15. The Kier molecular flexibility index (Phi) is 8.98. The summed E-state index contributed by atoms with van der Waals surface area (Å²) in [6, 6.07) is 0. The number of hydrogen-bond donors (Lipinski definition) is 1. The van der Waals surface area contributed by atoms with Crippen LogP contribution in [-0.2, 0) is 24.7 Å². The highest BCUT2D eigenvalue weighted by atomic mass is 32.1. The molecule has 0 atom stereocenters. The summed E-state index contributed by atoms with van der Waals surface area (Å²) < 4.78 is 21.4. The van der Waals surface area contributed by atoms with Crippen LogP contribution in [0.15, 0.2) is 5.38 Å². The van der Waals surface area contributed by atoms with E-state index in [1.54, 1.807) is 60.8 Å². The first kappa shape index (κ1) is 25.7. The van der Waals surface area contributed by atoms with E-state index in [0.717, 1.165) is 16.2 Å². The third-order valence-electron chi connectivity index (χ3n) is 2.91. The van der Waals surface area contributed by atoms with Crippen LogP contribution in [0.1, 0.15) is 61.1 Å². The van der Waals surface area contributed by atoms with E-state index >= 15 is 0 Å². The molecule has 0 aliphatic rings. The number of carbonyl (C=O) groups is 2. The molecule has 0 aliphatic heterocycles. The molecule has 29 heavy (non-hydrogen) atoms. The van der Waals surface area contributed by atoms with Gasteiger partial charge in [-0.1, -0.05) is 0 Å². The second kappa shape index (κ2) is 10.1. The number of rotatable bonds is 7. The van der Waals surface area contributed by atoms with Crippen LogP contribution in [0.5, 0.6) is 0 Å². The van der Waals surface area contributed by atoms with Gasteiger partial charge in [0, 0.05) is 5.38 Å². The third kappa shape index (κ3) is 8.92. The lowest BCUT2D eigenvalue weighted by Gasteiger charge is -2.27. The zero-order valence-electron chi connectivity index (χ0n) is 18.3. The fourth-order valence-corrected chi connectivity index (χ4v) is 4.62. The first-order valence-corrected chi connectivity index (χ1v) is 11.9. The number of amides is 2. The first-order chi connectivity index (χ1) is 13.2. The van der Waals surface area contributed by atoms with Crippen molar-refractivity contribution in [3.63, 3.8) is 0 Å². The summed E-state index contributed by atoms with van der Waals surface area (Å²) in [6.45, 7) is 14.2. The Bertz CT molecular complexity index is 663. The number of nitrogens with zero attached hydrogens (tertiary/aromatic N) is 2. The van der Waals surface area contributed by atoms with Crippen LogP contribution in [0.4, 0.5) is 14.7 Å². The highest BCUT2D eigenvalue weighted by molar-refractivity contribution is 7.59. The average molecular weight is 452 g/mol. The Morgan fingerprint density at radius 3 is 1.86 bits per heavy atom. The summed E-state index contributed by atoms with van der Waals surface area (Å²) >= 11 is 1.05. The second-order valence-corrected chi connectivity index (χ2v) is 11.0. The van der Waals surface area contributed by atoms with Crippen LogP contribution < -0.4 is 4.90 Å². The minimum atomic E-state index is -3.13. The number of anilines is 1. The van der Waals surface area contributed by atoms with Gasteiger partial charge in [-0.3, -0.25) is 0 Å². The maximum atomic E-state index is 12.7. The topological polar surface area (TPSA) is 107 Å². The van der Waals surface area contributed by atoms with Gasteiger partial charge in [0.05, 0.1) is 18.9 Å². The maximum absolute atomic E-state index is 12.7. The standard InChI is InChI=1S/C18H32N2O7PS/c1-9-24-28(23,25-10-2)11-13-12-29-14(19-13)20(15(21)26-17(3,4)5)16(22)27-18(6,7)8/h12,23H,9-11H2,1-8H3/q+1. The Morgan fingerprint density at radius 2 is 1.48 bits per heavy atom. The van der Waals surface area contributed by atoms with E-state index in [4.69, 9.17) is 18.5 Å². The van der Waals surface area contributed by atoms with E-state index in [9.17, 15) is 14.5 Å². The average Bonchev–Trinajstić information content (AvgIpc) is 2.91. The Balaban J connectivity index is 3.17. The fourth-order valence-electron chi connectivity index (χ4n) is 2.05. The molecule has 0 aliphatic carbocycles. The number of carbonyl (C=O) groups excluding carboxylic acids is 2. The summed E-state index contributed by atoms with van der Waals surface area (Å²) in [6.07, 6.45) is -1.76. The van der Waals surface area contributed by atoms with Crippen LogP contribution in [0.2, 0.25) is 0 Å². The highest BCUT2D eigenvalue weighted by Gasteiger charge is 2.42. The normalized spacial score (nSPS) is 12.6. The first-order valence-electron chi connectivity index (χ1n) is 9.30. The van der Waals surface area contributed by atoms with Gasteiger partial charge in [0.2, 0.25) is 5.13 Å². The van der Waals surface area contributed by atoms with Gasteiger partial charge in [-0.05, 0) is 55.4 Å². The lowest BCUT2D eigenvalue weighted by Crippen LogP contribution is -2.43. The Morgan fingerprint density at radius 1 is 1.03 bits per heavy atom. The van der Waals surface area contributed by atoms with Crippen molar-refractivity contribution in [2.75, 3.05) is 18.1 Å². The quantitative estimate of drug-likeness (QED) is 0.567. The fraction of sp³-hybridized carbons (Fsp3) is 0.722. The van der Waals surface area contributed by atoms with E-state index in [2.05, 4.69) is 4.98 Å². The molecule has 1 heterocycles. The van der Waals surface area contributed by atoms with Crippen molar-refractivity contribution in [3.8, 4) is 0 Å². The van der Waals surface area contributed by atoms with Crippen molar-refractivity contribution in [2.45, 2.75) is 72.8 Å². The molecule has 0 spiro atoms. The predicted molar refractivity (Wildman–Crippen MR) is 113 cm³/mol. The molecule has 1 aromatic heterocycles. The van der Waals surface area contributed by atoms with Gasteiger partial charge in [-0.2, -0.15) is 18.8 Å². The van der Waals surface area contributed by atoms with E-state index in [-0.39, 0.29) is 24.5 Å². The number of ether oxygens (including phenoxy) is 2. The molecule has 0 unspecified atom stereocenters. The van der Waals surface area contributed by atoms with Crippen molar-refractivity contribution < 1.29 is 33.0 Å². The van der Waals surface area contributed by atoms with Crippen LogP contribution in [0.25, 0.3) is 0 Å². The molecule has 0 radical (unpaired) electrons. The molecule has 0 fully saturated rings. The maximum Gasteiger partial charge on any atom is 0.426 e. The molecule has 1 aromatic rings. The number of aromatic nitrogens is 1. The Hall–Kier alpha value is -1.32. The molecule has 1 N–H and O–H groups in total. The molecule has 0 saturated heterocycles. The number of imide groups is 1. The summed E-state index contributed by atoms with van der Waals surface area (Å²) in [5.41, 5.74) is -1.19. The van der Waals surface area contributed by atoms with Crippen molar-refractivity contribution in [2.24, 2.45) is 0 Å². The minimum Gasteiger partial charge on any atom is -0.443 e. The molecule has 0 bridgehead atoms. The summed E-state index contributed by atoms with van der Waals surface area (Å²) in [7, 11) is -3.13. The van der Waals surface area contributed by atoms with Gasteiger partial charge in [0.15, 0.2) is 6.16 Å². The van der Waals surface area contributed by atoms with Crippen molar-refractivity contribution in [1.29, 1.82) is 0 Å². The lowest BCUT2D eigenvalue weighted by atomic mass is 10.2. The Labute approximate surface area is 176 Å². The number of thiazole rings is 1. The summed E-state index contributed by atoms with van der Waals surface area (Å²) in [5, 5.41) is 1.70. The molecule has 1 rings (SSSR count). The van der Waals surface area contributed by atoms with Gasteiger partial charge in [0.25, 0.3) is 0 Å². The molecular formula is C18H32N2O7PS+. The zero-order chi connectivity index (χ0) is 22.5. The van der Waals surface area contributed by atoms with Crippen LogP contribution >= 0.6 is 19.3 Å². The SMILES string of the molecule is CCO[P+](O)(Cc1csc(N(C(=O)OC(C)(C)C)C(=O)OC(C)(C)C)n1)OCC. The van der Waals surface area contributed by atoms with Gasteiger partial charge in [-0.25, -0.2) is 14.6 Å². The second-order valence-electron chi connectivity index (χ2n) is 8.05. The zero-order valence-corrected chi connectivity index (χ0v) is 20.1. The molecule has 2 amide bonds. The van der Waals surface area contributed by atoms with Crippen LogP contribution in [0.3, 0.4) is 0 Å². The molecular weight excluding hydrogens is 419 g/mol. The highest BCUT2D eigenvalue weighted by Crippen LogP contribution is 2.59. The largest absolute Gasteiger partial charge is 0.443 e. The summed E-state index contributed by atoms with van der Waals surface area (Å²) in [4.78, 5) is 41.0. The van der Waals surface area contributed by atoms with Gasteiger partial charge >= 0.3 is 20.1 Å². The minimum absolute atomic E-state index is 0.0294. The van der Waals surface area contributed by atoms with Crippen molar-refractivity contribution in [3.05, 3.63) is 11.1 Å². The molecule has 166 valence electrons. The van der Waals surface area contributed by atoms with E-state index in [1.807, 2.05) is 0 Å². The molecule has 0 aromatic carbocycles. The smallest absolute Gasteiger partial charge is 0.426 e. The van der Waals surface area contributed by atoms with Gasteiger partial charge < -0.3 is 9.47 Å². The molecule has 11 heteroatoms. The van der Waals surface area contributed by atoms with E-state index in [0.29, 0.717) is 5.69 Å². The van der Waals surface area contributed by atoms with Crippen molar-refractivity contribution >= 4 is 36.6 Å². The van der Waals surface area contributed by atoms with E-state index in [1.165, 1.54) is 0 Å². The third-order valence-corrected chi connectivity index (χ3v) is 5.83. The van der Waals surface area contributed by atoms with Crippen molar-refractivity contribution in [1.82, 2.24) is 4.98 Å². The van der Waals surface area contributed by atoms with Gasteiger partial charge in [0.1, 0.15) is 11.2 Å². The number of hydrogen-bond acceptors (Lipinski definition) is 9.